The second-order valence-electron chi connectivity index (χ2n) is 2.83. The van der Waals surface area contributed by atoms with Gasteiger partial charge in [-0.2, -0.15) is 0 Å². The molecule has 0 aliphatic rings. The number of nitrogens with zero attached hydrogens (tertiary/aromatic N) is 2. The summed E-state index contributed by atoms with van der Waals surface area (Å²) in [6.45, 7) is 0. The molecule has 2 rings (SSSR count). The molecular weight excluding hydrogens is 217 g/mol. The Labute approximate surface area is 90.9 Å². The Bertz CT molecular complexity index is 458. The second kappa shape index (κ2) is 4.23. The zero-order chi connectivity index (χ0) is 10.7. The molecule has 0 bridgehead atoms. The van der Waals surface area contributed by atoms with Gasteiger partial charge in [0.1, 0.15) is 5.82 Å². The Kier molecular flexibility index (Phi) is 2.78. The largest absolute Gasteiger partial charge is 0.338 e. The van der Waals surface area contributed by atoms with Crippen LogP contribution in [0.15, 0.2) is 36.7 Å². The van der Waals surface area contributed by atoms with Gasteiger partial charge in [0.15, 0.2) is 11.0 Å². The van der Waals surface area contributed by atoms with Crippen molar-refractivity contribution in [2.24, 2.45) is 0 Å². The first-order chi connectivity index (χ1) is 7.25. The van der Waals surface area contributed by atoms with Crippen molar-refractivity contribution in [3.8, 4) is 0 Å². The van der Waals surface area contributed by atoms with E-state index in [0.29, 0.717) is 11.5 Å². The molecule has 0 saturated carbocycles. The van der Waals surface area contributed by atoms with E-state index >= 15 is 0 Å². The van der Waals surface area contributed by atoms with E-state index in [-0.39, 0.29) is 11.0 Å². The minimum Gasteiger partial charge on any atom is -0.338 e. The summed E-state index contributed by atoms with van der Waals surface area (Å²) < 4.78 is 12.6. The normalized spacial score (nSPS) is 10.0. The molecule has 0 atom stereocenters. The molecule has 2 aromatic rings. The van der Waals surface area contributed by atoms with Gasteiger partial charge in [-0.15, -0.1) is 0 Å². The van der Waals surface area contributed by atoms with Gasteiger partial charge in [-0.25, -0.2) is 14.4 Å². The van der Waals surface area contributed by atoms with Crippen molar-refractivity contribution in [2.45, 2.75) is 0 Å². The van der Waals surface area contributed by atoms with Crippen LogP contribution in [-0.4, -0.2) is 9.97 Å². The number of aromatic nitrogens is 2. The first-order valence-electron chi connectivity index (χ1n) is 4.25. The standard InChI is InChI=1S/C10H7ClFN3/c11-9-10(14-6-5-13-9)15-8-3-1-7(12)2-4-8/h1-6H,(H,14,15). The predicted molar refractivity (Wildman–Crippen MR) is 56.7 cm³/mol. The van der Waals surface area contributed by atoms with Crippen molar-refractivity contribution in [3.05, 3.63) is 47.6 Å². The topological polar surface area (TPSA) is 37.8 Å². The third kappa shape index (κ3) is 2.41. The van der Waals surface area contributed by atoms with Crippen LogP contribution in [-0.2, 0) is 0 Å². The van der Waals surface area contributed by atoms with Crippen molar-refractivity contribution in [1.29, 1.82) is 0 Å². The molecule has 1 aromatic heterocycles. The highest BCUT2D eigenvalue weighted by atomic mass is 35.5. The highest BCUT2D eigenvalue weighted by molar-refractivity contribution is 6.31. The third-order valence-corrected chi connectivity index (χ3v) is 2.04. The Morgan fingerprint density at radius 1 is 1.07 bits per heavy atom. The summed E-state index contributed by atoms with van der Waals surface area (Å²) in [4.78, 5) is 7.86. The van der Waals surface area contributed by atoms with Gasteiger partial charge in [0.25, 0.3) is 0 Å². The molecule has 5 heteroatoms. The minimum atomic E-state index is -0.286. The Hall–Kier alpha value is -1.68. The van der Waals surface area contributed by atoms with Gasteiger partial charge < -0.3 is 5.32 Å². The van der Waals surface area contributed by atoms with E-state index in [2.05, 4.69) is 15.3 Å². The molecule has 0 spiro atoms. The van der Waals surface area contributed by atoms with Crippen LogP contribution in [0.3, 0.4) is 0 Å². The number of anilines is 2. The predicted octanol–water partition coefficient (Wildman–Crippen LogP) is 3.01. The first-order valence-corrected chi connectivity index (χ1v) is 4.62. The van der Waals surface area contributed by atoms with Gasteiger partial charge in [0.2, 0.25) is 0 Å². The number of nitrogens with one attached hydrogen (secondary N) is 1. The maximum absolute atomic E-state index is 12.6. The lowest BCUT2D eigenvalue weighted by Crippen LogP contribution is -1.95. The molecule has 1 aromatic carbocycles. The lowest BCUT2D eigenvalue weighted by molar-refractivity contribution is 0.628. The van der Waals surface area contributed by atoms with E-state index < -0.39 is 0 Å². The fourth-order valence-corrected chi connectivity index (χ4v) is 1.23. The van der Waals surface area contributed by atoms with Crippen LogP contribution < -0.4 is 5.32 Å². The zero-order valence-corrected chi connectivity index (χ0v) is 8.37. The molecule has 3 nitrogen and oxygen atoms in total. The fourth-order valence-electron chi connectivity index (χ4n) is 1.07. The van der Waals surface area contributed by atoms with Gasteiger partial charge >= 0.3 is 0 Å². The molecule has 0 saturated heterocycles. The lowest BCUT2D eigenvalue weighted by atomic mass is 10.3. The molecule has 0 amide bonds. The number of hydrogen-bond acceptors (Lipinski definition) is 3. The van der Waals surface area contributed by atoms with Crippen LogP contribution in [0.2, 0.25) is 5.15 Å². The molecule has 1 N–H and O–H groups in total. The molecule has 0 aliphatic carbocycles. The van der Waals surface area contributed by atoms with E-state index in [1.165, 1.54) is 24.5 Å². The molecule has 15 heavy (non-hydrogen) atoms. The summed E-state index contributed by atoms with van der Waals surface area (Å²) in [6.07, 6.45) is 3.02. The summed E-state index contributed by atoms with van der Waals surface area (Å²) in [6, 6.07) is 5.90. The minimum absolute atomic E-state index is 0.279. The fraction of sp³-hybridized carbons (Fsp3) is 0. The SMILES string of the molecule is Fc1ccc(Nc2nccnc2Cl)cc1. The monoisotopic (exact) mass is 223 g/mol. The van der Waals surface area contributed by atoms with Crippen molar-refractivity contribution in [3.63, 3.8) is 0 Å². The molecular formula is C10H7ClFN3. The van der Waals surface area contributed by atoms with Crippen LogP contribution in [0.5, 0.6) is 0 Å². The van der Waals surface area contributed by atoms with Gasteiger partial charge in [-0.05, 0) is 24.3 Å². The van der Waals surface area contributed by atoms with E-state index in [1.807, 2.05) is 0 Å². The lowest BCUT2D eigenvalue weighted by Gasteiger charge is -2.05. The molecule has 0 aliphatic heterocycles. The van der Waals surface area contributed by atoms with Gasteiger partial charge in [-0.3, -0.25) is 0 Å². The number of benzene rings is 1. The van der Waals surface area contributed by atoms with Crippen LogP contribution in [0.1, 0.15) is 0 Å². The van der Waals surface area contributed by atoms with Crippen molar-refractivity contribution in [2.75, 3.05) is 5.32 Å². The summed E-state index contributed by atoms with van der Waals surface area (Å²) >= 11 is 5.80. The van der Waals surface area contributed by atoms with Crippen LogP contribution in [0.4, 0.5) is 15.9 Å². The number of rotatable bonds is 2. The highest BCUT2D eigenvalue weighted by Gasteiger charge is 2.01. The maximum Gasteiger partial charge on any atom is 0.171 e. The Balaban J connectivity index is 2.22. The van der Waals surface area contributed by atoms with Gasteiger partial charge in [-0.1, -0.05) is 11.6 Å². The average Bonchev–Trinajstić information content (AvgIpc) is 2.25. The van der Waals surface area contributed by atoms with Gasteiger partial charge in [0, 0.05) is 18.1 Å². The highest BCUT2D eigenvalue weighted by Crippen LogP contribution is 2.20. The molecule has 0 fully saturated rings. The molecule has 1 heterocycles. The smallest absolute Gasteiger partial charge is 0.171 e. The van der Waals surface area contributed by atoms with E-state index in [4.69, 9.17) is 11.6 Å². The van der Waals surface area contributed by atoms with Gasteiger partial charge in [0.05, 0.1) is 0 Å². The summed E-state index contributed by atoms with van der Waals surface area (Å²) in [5.41, 5.74) is 0.707. The van der Waals surface area contributed by atoms with Crippen molar-refractivity contribution in [1.82, 2.24) is 9.97 Å². The number of halogens is 2. The maximum atomic E-state index is 12.6. The summed E-state index contributed by atoms with van der Waals surface area (Å²) in [7, 11) is 0. The molecule has 0 radical (unpaired) electrons. The van der Waals surface area contributed by atoms with Crippen LogP contribution in [0, 0.1) is 5.82 Å². The second-order valence-corrected chi connectivity index (χ2v) is 3.19. The third-order valence-electron chi connectivity index (χ3n) is 1.76. The number of hydrogen-bond donors (Lipinski definition) is 1. The van der Waals surface area contributed by atoms with Crippen molar-refractivity contribution < 1.29 is 4.39 Å². The zero-order valence-electron chi connectivity index (χ0n) is 7.61. The van der Waals surface area contributed by atoms with Crippen molar-refractivity contribution >= 4 is 23.1 Å². The van der Waals surface area contributed by atoms with E-state index in [9.17, 15) is 4.39 Å². The van der Waals surface area contributed by atoms with E-state index in [1.54, 1.807) is 12.1 Å². The van der Waals surface area contributed by atoms with E-state index in [0.717, 1.165) is 0 Å². The quantitative estimate of drug-likeness (QED) is 0.851. The molecule has 76 valence electrons. The van der Waals surface area contributed by atoms with Crippen LogP contribution >= 0.6 is 11.6 Å². The Morgan fingerprint density at radius 2 is 1.73 bits per heavy atom. The Morgan fingerprint density at radius 3 is 2.40 bits per heavy atom. The molecule has 0 unspecified atom stereocenters. The summed E-state index contributed by atoms with van der Waals surface area (Å²) in [5, 5.41) is 3.21. The summed E-state index contributed by atoms with van der Waals surface area (Å²) in [5.74, 6) is 0.163. The average molecular weight is 224 g/mol. The van der Waals surface area contributed by atoms with Crippen LogP contribution in [0.25, 0.3) is 0 Å². The first kappa shape index (κ1) is 9.86.